The van der Waals surface area contributed by atoms with Crippen LogP contribution in [-0.2, 0) is 13.1 Å². The molecule has 6 heteroatoms. The van der Waals surface area contributed by atoms with Crippen LogP contribution in [0.15, 0.2) is 61.2 Å². The zero-order chi connectivity index (χ0) is 17.6. The molecule has 3 aromatic rings. The monoisotopic (exact) mass is 339 g/mol. The van der Waals surface area contributed by atoms with E-state index in [0.29, 0.717) is 6.54 Å². The summed E-state index contributed by atoms with van der Waals surface area (Å²) in [6, 6.07) is 12.1. The normalized spacial score (nSPS) is 10.5. The number of hydrogen-bond donors (Lipinski definition) is 1. The summed E-state index contributed by atoms with van der Waals surface area (Å²) in [6.07, 6.45) is 5.41. The Balaban J connectivity index is 1.57. The zero-order valence-corrected chi connectivity index (χ0v) is 13.8. The average molecular weight is 339 g/mol. The number of nitrogens with zero attached hydrogens (tertiary/aromatic N) is 2. The van der Waals surface area contributed by atoms with Gasteiger partial charge in [-0.3, -0.25) is 4.79 Å². The van der Waals surface area contributed by atoms with Gasteiger partial charge in [0.15, 0.2) is 11.6 Å². The number of ether oxygens (including phenoxy) is 1. The second-order valence-corrected chi connectivity index (χ2v) is 5.58. The van der Waals surface area contributed by atoms with Crippen LogP contribution < -0.4 is 10.1 Å². The molecular weight excluding hydrogens is 321 g/mol. The van der Waals surface area contributed by atoms with Crippen molar-refractivity contribution < 1.29 is 13.9 Å². The third-order valence-electron chi connectivity index (χ3n) is 3.81. The molecule has 0 atom stereocenters. The summed E-state index contributed by atoms with van der Waals surface area (Å²) in [5, 5.41) is 2.78. The lowest BCUT2D eigenvalue weighted by molar-refractivity contribution is 0.0950. The molecule has 0 aliphatic carbocycles. The van der Waals surface area contributed by atoms with Gasteiger partial charge in [-0.1, -0.05) is 24.3 Å². The van der Waals surface area contributed by atoms with Gasteiger partial charge >= 0.3 is 0 Å². The quantitative estimate of drug-likeness (QED) is 0.751. The Bertz CT molecular complexity index is 846. The third kappa shape index (κ3) is 4.23. The van der Waals surface area contributed by atoms with Gasteiger partial charge in [0.25, 0.3) is 5.91 Å². The van der Waals surface area contributed by atoms with E-state index in [0.717, 1.165) is 17.7 Å². The highest BCUT2D eigenvalue weighted by Gasteiger charge is 2.09. The van der Waals surface area contributed by atoms with Crippen molar-refractivity contribution in [3.8, 4) is 5.75 Å². The Morgan fingerprint density at radius 3 is 2.60 bits per heavy atom. The summed E-state index contributed by atoms with van der Waals surface area (Å²) in [6.45, 7) is 1.12. The minimum absolute atomic E-state index is 0.116. The molecule has 0 fully saturated rings. The molecule has 2 aromatic carbocycles. The van der Waals surface area contributed by atoms with E-state index >= 15 is 0 Å². The van der Waals surface area contributed by atoms with Crippen LogP contribution >= 0.6 is 0 Å². The van der Waals surface area contributed by atoms with E-state index in [1.807, 2.05) is 35.0 Å². The van der Waals surface area contributed by atoms with E-state index in [1.54, 1.807) is 12.5 Å². The topological polar surface area (TPSA) is 56.1 Å². The van der Waals surface area contributed by atoms with E-state index in [9.17, 15) is 9.18 Å². The van der Waals surface area contributed by atoms with Crippen molar-refractivity contribution >= 4 is 5.91 Å². The highest BCUT2D eigenvalue weighted by Crippen LogP contribution is 2.17. The lowest BCUT2D eigenvalue weighted by Gasteiger charge is -2.08. The van der Waals surface area contributed by atoms with Gasteiger partial charge in [-0.15, -0.1) is 0 Å². The second kappa shape index (κ2) is 7.61. The summed E-state index contributed by atoms with van der Waals surface area (Å²) >= 11 is 0. The molecule has 1 N–H and O–H groups in total. The maximum Gasteiger partial charge on any atom is 0.251 e. The van der Waals surface area contributed by atoms with Gasteiger partial charge < -0.3 is 14.6 Å². The van der Waals surface area contributed by atoms with Crippen LogP contribution in [0.1, 0.15) is 21.5 Å². The van der Waals surface area contributed by atoms with Crippen LogP contribution in [0.4, 0.5) is 4.39 Å². The Kier molecular flexibility index (Phi) is 5.09. The van der Waals surface area contributed by atoms with Gasteiger partial charge in [-0.25, -0.2) is 9.37 Å². The third-order valence-corrected chi connectivity index (χ3v) is 3.81. The van der Waals surface area contributed by atoms with Crippen molar-refractivity contribution in [1.82, 2.24) is 14.9 Å². The molecule has 0 radical (unpaired) electrons. The molecule has 1 heterocycles. The number of imidazole rings is 1. The lowest BCUT2D eigenvalue weighted by atomic mass is 10.1. The number of halogens is 1. The van der Waals surface area contributed by atoms with E-state index in [1.165, 1.54) is 25.3 Å². The van der Waals surface area contributed by atoms with Crippen LogP contribution in [0, 0.1) is 5.82 Å². The standard InChI is InChI=1S/C19H18FN3O2/c1-25-18-7-6-16(10-17(18)20)19(24)22-11-14-2-4-15(5-3-14)12-23-9-8-21-13-23/h2-10,13H,11-12H2,1H3,(H,22,24). The summed E-state index contributed by atoms with van der Waals surface area (Å²) in [5.74, 6) is -0.770. The van der Waals surface area contributed by atoms with Crippen LogP contribution in [0.25, 0.3) is 0 Å². The fourth-order valence-corrected chi connectivity index (χ4v) is 2.45. The number of carbonyl (C=O) groups is 1. The van der Waals surface area contributed by atoms with E-state index in [-0.39, 0.29) is 17.2 Å². The molecule has 1 amide bonds. The fourth-order valence-electron chi connectivity index (χ4n) is 2.45. The van der Waals surface area contributed by atoms with Gasteiger partial charge in [-0.05, 0) is 29.3 Å². The van der Waals surface area contributed by atoms with Gasteiger partial charge in [0.1, 0.15) is 0 Å². The number of methoxy groups -OCH3 is 1. The first-order valence-corrected chi connectivity index (χ1v) is 7.81. The number of benzene rings is 2. The molecule has 25 heavy (non-hydrogen) atoms. The molecular formula is C19H18FN3O2. The molecule has 3 rings (SSSR count). The van der Waals surface area contributed by atoms with E-state index < -0.39 is 5.82 Å². The highest BCUT2D eigenvalue weighted by atomic mass is 19.1. The fraction of sp³-hybridized carbons (Fsp3) is 0.158. The predicted molar refractivity (Wildman–Crippen MR) is 91.9 cm³/mol. The molecule has 0 aliphatic rings. The van der Waals surface area contributed by atoms with Crippen molar-refractivity contribution in [1.29, 1.82) is 0 Å². The minimum Gasteiger partial charge on any atom is -0.494 e. The maximum atomic E-state index is 13.7. The number of nitrogens with one attached hydrogen (secondary N) is 1. The Hall–Kier alpha value is -3.15. The van der Waals surface area contributed by atoms with Crippen molar-refractivity contribution in [2.75, 3.05) is 7.11 Å². The molecule has 5 nitrogen and oxygen atoms in total. The first-order chi connectivity index (χ1) is 12.2. The predicted octanol–water partition coefficient (Wildman–Crippen LogP) is 3.01. The summed E-state index contributed by atoms with van der Waals surface area (Å²) in [7, 11) is 1.38. The maximum absolute atomic E-state index is 13.7. The van der Waals surface area contributed by atoms with Crippen LogP contribution in [0.3, 0.4) is 0 Å². The summed E-state index contributed by atoms with van der Waals surface area (Å²) < 4.78 is 20.5. The number of aromatic nitrogens is 2. The number of carbonyl (C=O) groups excluding carboxylic acids is 1. The SMILES string of the molecule is COc1ccc(C(=O)NCc2ccc(Cn3ccnc3)cc2)cc1F. The smallest absolute Gasteiger partial charge is 0.251 e. The zero-order valence-electron chi connectivity index (χ0n) is 13.8. The molecule has 128 valence electrons. The molecule has 0 aliphatic heterocycles. The largest absolute Gasteiger partial charge is 0.494 e. The molecule has 0 saturated heterocycles. The van der Waals surface area contributed by atoms with Crippen molar-refractivity contribution in [2.45, 2.75) is 13.1 Å². The highest BCUT2D eigenvalue weighted by molar-refractivity contribution is 5.94. The van der Waals surface area contributed by atoms with Crippen molar-refractivity contribution in [3.63, 3.8) is 0 Å². The minimum atomic E-state index is -0.556. The van der Waals surface area contributed by atoms with Gasteiger partial charge in [-0.2, -0.15) is 0 Å². The van der Waals surface area contributed by atoms with Crippen LogP contribution in [-0.4, -0.2) is 22.6 Å². The van der Waals surface area contributed by atoms with E-state index in [2.05, 4.69) is 10.3 Å². The summed E-state index contributed by atoms with van der Waals surface area (Å²) in [4.78, 5) is 16.1. The first kappa shape index (κ1) is 16.7. The number of amides is 1. The Morgan fingerprint density at radius 2 is 1.96 bits per heavy atom. The number of rotatable bonds is 6. The first-order valence-electron chi connectivity index (χ1n) is 7.81. The number of hydrogen-bond acceptors (Lipinski definition) is 3. The van der Waals surface area contributed by atoms with E-state index in [4.69, 9.17) is 4.74 Å². The Labute approximate surface area is 145 Å². The molecule has 1 aromatic heterocycles. The lowest BCUT2D eigenvalue weighted by Crippen LogP contribution is -2.22. The van der Waals surface area contributed by atoms with Gasteiger partial charge in [0.05, 0.1) is 13.4 Å². The Morgan fingerprint density at radius 1 is 1.20 bits per heavy atom. The van der Waals surface area contributed by atoms with Crippen molar-refractivity contribution in [3.05, 3.63) is 83.7 Å². The average Bonchev–Trinajstić information content (AvgIpc) is 3.14. The summed E-state index contributed by atoms with van der Waals surface area (Å²) in [5.41, 5.74) is 2.37. The molecule has 0 spiro atoms. The molecule has 0 unspecified atom stereocenters. The molecule has 0 bridgehead atoms. The van der Waals surface area contributed by atoms with Crippen LogP contribution in [0.2, 0.25) is 0 Å². The van der Waals surface area contributed by atoms with Crippen LogP contribution in [0.5, 0.6) is 5.75 Å². The van der Waals surface area contributed by atoms with Gasteiger partial charge in [0.2, 0.25) is 0 Å². The molecule has 0 saturated carbocycles. The van der Waals surface area contributed by atoms with Crippen molar-refractivity contribution in [2.24, 2.45) is 0 Å². The second-order valence-electron chi connectivity index (χ2n) is 5.58. The van der Waals surface area contributed by atoms with Gasteiger partial charge in [0, 0.05) is 31.0 Å².